The Morgan fingerprint density at radius 2 is 1.87 bits per heavy atom. The minimum atomic E-state index is -0.326. The first-order chi connectivity index (χ1) is 14.6. The Labute approximate surface area is 177 Å². The second-order valence-electron chi connectivity index (χ2n) is 7.73. The van der Waals surface area contributed by atoms with Gasteiger partial charge in [-0.15, -0.1) is 0 Å². The highest BCUT2D eigenvalue weighted by molar-refractivity contribution is 6.03. The molecular formula is C23H30N2O5. The Kier molecular flexibility index (Phi) is 8.59. The van der Waals surface area contributed by atoms with Gasteiger partial charge in [-0.05, 0) is 49.4 Å². The first kappa shape index (κ1) is 22.2. The molecule has 1 atom stereocenters. The average Bonchev–Trinajstić information content (AvgIpc) is 2.75. The highest BCUT2D eigenvalue weighted by Gasteiger charge is 2.16. The fourth-order valence-electron chi connectivity index (χ4n) is 3.57. The maximum absolute atomic E-state index is 12.1. The Bertz CT molecular complexity index is 784. The first-order valence-corrected chi connectivity index (χ1v) is 10.8. The van der Waals surface area contributed by atoms with E-state index in [0.717, 1.165) is 50.5 Å². The molecule has 1 fully saturated rings. The zero-order valence-electron chi connectivity index (χ0n) is 17.3. The van der Waals surface area contributed by atoms with Crippen LogP contribution in [0.4, 0.5) is 5.69 Å². The molecule has 7 heteroatoms. The number of Topliss-reactive ketones (excluding diaryl/α,β-unsaturated/α-hetero) is 1. The molecule has 0 saturated carbocycles. The lowest BCUT2D eigenvalue weighted by Gasteiger charge is -2.22. The summed E-state index contributed by atoms with van der Waals surface area (Å²) in [5.74, 6) is -0.0745. The van der Waals surface area contributed by atoms with Crippen molar-refractivity contribution in [2.24, 2.45) is 0 Å². The number of hydrogen-bond donors (Lipinski definition) is 2. The van der Waals surface area contributed by atoms with Crippen LogP contribution in [0.2, 0.25) is 0 Å². The molecule has 0 spiro atoms. The number of carbonyl (C=O) groups excluding carboxylic acids is 3. The van der Waals surface area contributed by atoms with Gasteiger partial charge in [-0.2, -0.15) is 0 Å². The number of allylic oxidation sites excluding steroid dienone is 1. The predicted octanol–water partition coefficient (Wildman–Crippen LogP) is 4.14. The van der Waals surface area contributed by atoms with Crippen LogP contribution in [0.3, 0.4) is 0 Å². The lowest BCUT2D eigenvalue weighted by atomic mass is 9.96. The number of amides is 2. The molecule has 3 rings (SSSR count). The van der Waals surface area contributed by atoms with E-state index in [2.05, 4.69) is 10.8 Å². The topological polar surface area (TPSA) is 93.7 Å². The Balaban J connectivity index is 1.24. The van der Waals surface area contributed by atoms with Crippen LogP contribution in [0, 0.1) is 0 Å². The lowest BCUT2D eigenvalue weighted by Crippen LogP contribution is -2.32. The number of carbonyl (C=O) groups is 3. The average molecular weight is 415 g/mol. The third kappa shape index (κ3) is 7.07. The van der Waals surface area contributed by atoms with Gasteiger partial charge in [0.2, 0.25) is 11.8 Å². The quantitative estimate of drug-likeness (QED) is 0.443. The Morgan fingerprint density at radius 1 is 1.07 bits per heavy atom. The molecule has 2 N–H and O–H groups in total. The molecule has 1 aromatic rings. The molecule has 7 nitrogen and oxygen atoms in total. The lowest BCUT2D eigenvalue weighted by molar-refractivity contribution is -0.200. The third-order valence-electron chi connectivity index (χ3n) is 5.24. The molecule has 162 valence electrons. The molecule has 1 aliphatic heterocycles. The highest BCUT2D eigenvalue weighted by atomic mass is 16.8. The van der Waals surface area contributed by atoms with Crippen LogP contribution < -0.4 is 10.8 Å². The summed E-state index contributed by atoms with van der Waals surface area (Å²) in [7, 11) is 0. The number of fused-ring (bicyclic) bond motifs is 1. The van der Waals surface area contributed by atoms with Crippen LogP contribution in [0.25, 0.3) is 6.08 Å². The fourth-order valence-corrected chi connectivity index (χ4v) is 3.57. The van der Waals surface area contributed by atoms with Crippen LogP contribution in [0.1, 0.15) is 80.1 Å². The minimum absolute atomic E-state index is 0.0420. The molecule has 2 amide bonds. The standard InChI is InChI=1S/C23H30N2O5/c26-20-9-7-8-17-16-18(13-14-19(17)20)24-21(27)10-3-1-2-4-11-22(28)25-30-23-12-5-6-15-29-23/h7-8,13-14,16,23H,1-6,9-12,15H2,(H,24,27)(H,25,28). The van der Waals surface area contributed by atoms with Gasteiger partial charge in [-0.1, -0.05) is 25.0 Å². The summed E-state index contributed by atoms with van der Waals surface area (Å²) in [6.45, 7) is 0.678. The van der Waals surface area contributed by atoms with Crippen molar-refractivity contribution in [1.29, 1.82) is 0 Å². The van der Waals surface area contributed by atoms with Crippen molar-refractivity contribution >= 4 is 29.4 Å². The molecule has 0 aromatic heterocycles. The van der Waals surface area contributed by atoms with Gasteiger partial charge in [-0.3, -0.25) is 14.4 Å². The number of anilines is 1. The van der Waals surface area contributed by atoms with E-state index < -0.39 is 0 Å². The summed E-state index contributed by atoms with van der Waals surface area (Å²) in [4.78, 5) is 41.0. The van der Waals surface area contributed by atoms with Gasteiger partial charge >= 0.3 is 0 Å². The van der Waals surface area contributed by atoms with Crippen molar-refractivity contribution in [2.45, 2.75) is 70.5 Å². The van der Waals surface area contributed by atoms with E-state index in [1.54, 1.807) is 12.1 Å². The number of unbranched alkanes of at least 4 members (excludes halogenated alkanes) is 3. The molecule has 30 heavy (non-hydrogen) atoms. The summed E-state index contributed by atoms with van der Waals surface area (Å²) >= 11 is 0. The molecule has 0 bridgehead atoms. The van der Waals surface area contributed by atoms with Crippen molar-refractivity contribution in [1.82, 2.24) is 5.48 Å². The molecule has 1 saturated heterocycles. The van der Waals surface area contributed by atoms with Crippen molar-refractivity contribution in [3.63, 3.8) is 0 Å². The van der Waals surface area contributed by atoms with Gasteiger partial charge in [0.15, 0.2) is 12.1 Å². The maximum atomic E-state index is 12.1. The molecule has 1 unspecified atom stereocenters. The third-order valence-corrected chi connectivity index (χ3v) is 5.24. The van der Waals surface area contributed by atoms with E-state index in [-0.39, 0.29) is 23.9 Å². The Hall–Kier alpha value is -2.51. The number of nitrogens with one attached hydrogen (secondary N) is 2. The van der Waals surface area contributed by atoms with Crippen LogP contribution in [0.5, 0.6) is 0 Å². The maximum Gasteiger partial charge on any atom is 0.243 e. The molecule has 1 aromatic carbocycles. The van der Waals surface area contributed by atoms with Crippen molar-refractivity contribution < 1.29 is 24.0 Å². The minimum Gasteiger partial charge on any atom is -0.350 e. The number of rotatable bonds is 10. The van der Waals surface area contributed by atoms with Gasteiger partial charge < -0.3 is 10.1 Å². The number of ketones is 1. The van der Waals surface area contributed by atoms with Gasteiger partial charge in [0.1, 0.15) is 0 Å². The largest absolute Gasteiger partial charge is 0.350 e. The van der Waals surface area contributed by atoms with Gasteiger partial charge in [0, 0.05) is 43.5 Å². The van der Waals surface area contributed by atoms with E-state index in [1.807, 2.05) is 18.2 Å². The normalized spacial score (nSPS) is 18.0. The molecule has 1 aliphatic carbocycles. The van der Waals surface area contributed by atoms with Crippen LogP contribution in [-0.2, 0) is 19.2 Å². The monoisotopic (exact) mass is 414 g/mol. The van der Waals surface area contributed by atoms with Crippen molar-refractivity contribution in [3.8, 4) is 0 Å². The van der Waals surface area contributed by atoms with Crippen molar-refractivity contribution in [2.75, 3.05) is 11.9 Å². The smallest absolute Gasteiger partial charge is 0.243 e. The van der Waals surface area contributed by atoms with E-state index >= 15 is 0 Å². The first-order valence-electron chi connectivity index (χ1n) is 10.8. The number of hydrogen-bond acceptors (Lipinski definition) is 5. The zero-order chi connectivity index (χ0) is 21.2. The Morgan fingerprint density at radius 3 is 2.63 bits per heavy atom. The van der Waals surface area contributed by atoms with E-state index in [1.165, 1.54) is 0 Å². The molecule has 0 radical (unpaired) electrons. The van der Waals surface area contributed by atoms with Gasteiger partial charge in [-0.25, -0.2) is 10.3 Å². The molecule has 1 heterocycles. The second kappa shape index (κ2) is 11.6. The highest BCUT2D eigenvalue weighted by Crippen LogP contribution is 2.23. The van der Waals surface area contributed by atoms with Crippen molar-refractivity contribution in [3.05, 3.63) is 35.4 Å². The molecular weight excluding hydrogens is 384 g/mol. The molecule has 2 aliphatic rings. The number of benzene rings is 1. The summed E-state index contributed by atoms with van der Waals surface area (Å²) in [6.07, 6.45) is 10.9. The van der Waals surface area contributed by atoms with E-state index in [4.69, 9.17) is 9.57 Å². The fraction of sp³-hybridized carbons (Fsp3) is 0.522. The second-order valence-corrected chi connectivity index (χ2v) is 7.73. The van der Waals surface area contributed by atoms with Crippen LogP contribution in [0.15, 0.2) is 24.3 Å². The zero-order valence-corrected chi connectivity index (χ0v) is 17.3. The van der Waals surface area contributed by atoms with Gasteiger partial charge in [0.05, 0.1) is 0 Å². The van der Waals surface area contributed by atoms with Gasteiger partial charge in [0.25, 0.3) is 0 Å². The number of hydroxylamine groups is 1. The van der Waals surface area contributed by atoms with E-state index in [0.29, 0.717) is 37.1 Å². The van der Waals surface area contributed by atoms with E-state index in [9.17, 15) is 14.4 Å². The predicted molar refractivity (Wildman–Crippen MR) is 114 cm³/mol. The summed E-state index contributed by atoms with van der Waals surface area (Å²) in [5, 5.41) is 2.89. The summed E-state index contributed by atoms with van der Waals surface area (Å²) in [5.41, 5.74) is 4.72. The van der Waals surface area contributed by atoms with Crippen LogP contribution >= 0.6 is 0 Å². The summed E-state index contributed by atoms with van der Waals surface area (Å²) in [6, 6.07) is 5.37. The SMILES string of the molecule is O=C(CCCCCCC(=O)Nc1ccc2c(c1)C=CCC2=O)NOC1CCCCO1. The van der Waals surface area contributed by atoms with Crippen LogP contribution in [-0.4, -0.2) is 30.5 Å². The summed E-state index contributed by atoms with van der Waals surface area (Å²) < 4.78 is 5.39. The number of ether oxygens (including phenoxy) is 1.